The van der Waals surface area contributed by atoms with Crippen molar-refractivity contribution in [2.75, 3.05) is 5.75 Å². The van der Waals surface area contributed by atoms with Gasteiger partial charge in [0.05, 0.1) is 17.7 Å². The zero-order chi connectivity index (χ0) is 17.5. The van der Waals surface area contributed by atoms with Crippen LogP contribution < -0.4 is 5.43 Å². The van der Waals surface area contributed by atoms with Gasteiger partial charge in [0.1, 0.15) is 5.75 Å². The first-order valence-corrected chi connectivity index (χ1v) is 8.29. The number of thioether (sulfide) groups is 1. The molecule has 1 amide bonds. The van der Waals surface area contributed by atoms with Crippen LogP contribution in [0.1, 0.15) is 5.56 Å². The number of amides is 1. The van der Waals surface area contributed by atoms with Gasteiger partial charge in [0, 0.05) is 5.56 Å². The minimum atomic E-state index is -0.306. The highest BCUT2D eigenvalue weighted by Gasteiger charge is 2.10. The van der Waals surface area contributed by atoms with E-state index in [9.17, 15) is 9.90 Å². The van der Waals surface area contributed by atoms with E-state index in [4.69, 9.17) is 0 Å². The van der Waals surface area contributed by atoms with Crippen molar-refractivity contribution in [3.05, 3.63) is 60.2 Å². The third-order valence-corrected chi connectivity index (χ3v) is 4.02. The van der Waals surface area contributed by atoms with Crippen molar-refractivity contribution < 1.29 is 9.90 Å². The number of hydrogen-bond donors (Lipinski definition) is 2. The number of para-hydroxylation sites is 2. The molecule has 0 aliphatic carbocycles. The van der Waals surface area contributed by atoms with Gasteiger partial charge in [-0.25, -0.2) is 5.43 Å². The Morgan fingerprint density at radius 1 is 1.20 bits per heavy atom. The van der Waals surface area contributed by atoms with E-state index in [0.29, 0.717) is 10.7 Å². The molecule has 0 saturated heterocycles. The van der Waals surface area contributed by atoms with Crippen LogP contribution in [-0.4, -0.2) is 43.2 Å². The number of carbonyl (C=O) groups is 1. The van der Waals surface area contributed by atoms with Crippen molar-refractivity contribution in [3.8, 4) is 11.4 Å². The number of tetrazole rings is 1. The van der Waals surface area contributed by atoms with Gasteiger partial charge in [0.25, 0.3) is 5.91 Å². The number of hydrazone groups is 1. The van der Waals surface area contributed by atoms with Crippen LogP contribution in [0.2, 0.25) is 0 Å². The highest BCUT2D eigenvalue weighted by Crippen LogP contribution is 2.17. The molecule has 2 aromatic carbocycles. The molecule has 8 nitrogen and oxygen atoms in total. The van der Waals surface area contributed by atoms with Crippen molar-refractivity contribution in [2.24, 2.45) is 5.10 Å². The largest absolute Gasteiger partial charge is 0.507 e. The van der Waals surface area contributed by atoms with E-state index in [1.165, 1.54) is 18.0 Å². The van der Waals surface area contributed by atoms with E-state index < -0.39 is 0 Å². The minimum Gasteiger partial charge on any atom is -0.507 e. The Balaban J connectivity index is 1.55. The lowest BCUT2D eigenvalue weighted by atomic mass is 10.2. The van der Waals surface area contributed by atoms with Gasteiger partial charge in [-0.3, -0.25) is 4.79 Å². The van der Waals surface area contributed by atoms with E-state index in [-0.39, 0.29) is 17.4 Å². The maximum atomic E-state index is 11.9. The Bertz CT molecular complexity index is 881. The summed E-state index contributed by atoms with van der Waals surface area (Å²) in [5.41, 5.74) is 3.73. The molecule has 0 unspecified atom stereocenters. The molecule has 3 rings (SSSR count). The Hall–Kier alpha value is -3.20. The van der Waals surface area contributed by atoms with E-state index in [1.54, 1.807) is 28.9 Å². The predicted molar refractivity (Wildman–Crippen MR) is 93.7 cm³/mol. The van der Waals surface area contributed by atoms with Gasteiger partial charge in [-0.15, -0.1) is 5.10 Å². The number of nitrogens with one attached hydrogen (secondary N) is 1. The van der Waals surface area contributed by atoms with E-state index in [1.807, 2.05) is 30.3 Å². The van der Waals surface area contributed by atoms with Crippen molar-refractivity contribution in [2.45, 2.75) is 5.16 Å². The first-order valence-electron chi connectivity index (χ1n) is 7.30. The van der Waals surface area contributed by atoms with Crippen molar-refractivity contribution >= 4 is 23.9 Å². The maximum absolute atomic E-state index is 11.9. The van der Waals surface area contributed by atoms with Gasteiger partial charge in [-0.2, -0.15) is 9.78 Å². The average molecular weight is 354 g/mol. The summed E-state index contributed by atoms with van der Waals surface area (Å²) in [6.45, 7) is 0. The molecular weight excluding hydrogens is 340 g/mol. The van der Waals surface area contributed by atoms with Crippen molar-refractivity contribution in [1.29, 1.82) is 0 Å². The Morgan fingerprint density at radius 3 is 2.76 bits per heavy atom. The van der Waals surface area contributed by atoms with E-state index >= 15 is 0 Å². The molecule has 0 spiro atoms. The first kappa shape index (κ1) is 16.7. The molecule has 1 heterocycles. The quantitative estimate of drug-likeness (QED) is 0.396. The molecule has 1 aromatic heterocycles. The fraction of sp³-hybridized carbons (Fsp3) is 0.0625. The second kappa shape index (κ2) is 8.06. The lowest BCUT2D eigenvalue weighted by molar-refractivity contribution is -0.118. The van der Waals surface area contributed by atoms with Crippen LogP contribution in [0.5, 0.6) is 5.75 Å². The summed E-state index contributed by atoms with van der Waals surface area (Å²) in [5, 5.41) is 25.4. The van der Waals surface area contributed by atoms with Gasteiger partial charge >= 0.3 is 0 Å². The van der Waals surface area contributed by atoms with Gasteiger partial charge in [-0.1, -0.05) is 42.1 Å². The zero-order valence-corrected chi connectivity index (χ0v) is 13.8. The average Bonchev–Trinajstić information content (AvgIpc) is 3.11. The van der Waals surface area contributed by atoms with Crippen LogP contribution in [-0.2, 0) is 4.79 Å². The summed E-state index contributed by atoms with van der Waals surface area (Å²) in [7, 11) is 0. The number of aromatic nitrogens is 4. The molecule has 0 aliphatic heterocycles. The molecule has 25 heavy (non-hydrogen) atoms. The summed E-state index contributed by atoms with van der Waals surface area (Å²) in [4.78, 5) is 11.9. The maximum Gasteiger partial charge on any atom is 0.250 e. The molecule has 0 aliphatic rings. The number of nitrogens with zero attached hydrogens (tertiary/aromatic N) is 5. The van der Waals surface area contributed by atoms with Gasteiger partial charge in [-0.05, 0) is 34.7 Å². The smallest absolute Gasteiger partial charge is 0.250 e. The van der Waals surface area contributed by atoms with Crippen LogP contribution in [0, 0.1) is 0 Å². The number of hydrogen-bond acceptors (Lipinski definition) is 7. The Labute approximate surface area is 147 Å². The van der Waals surface area contributed by atoms with Crippen LogP contribution >= 0.6 is 11.8 Å². The topological polar surface area (TPSA) is 105 Å². The molecule has 0 fully saturated rings. The van der Waals surface area contributed by atoms with Gasteiger partial charge in [0.2, 0.25) is 5.16 Å². The second-order valence-electron chi connectivity index (χ2n) is 4.85. The van der Waals surface area contributed by atoms with Crippen molar-refractivity contribution in [1.82, 2.24) is 25.6 Å². The number of phenols is 1. The number of carbonyl (C=O) groups excluding carboxylic acids is 1. The molecule has 0 radical (unpaired) electrons. The minimum absolute atomic E-state index is 0.0944. The fourth-order valence-corrected chi connectivity index (χ4v) is 2.62. The highest BCUT2D eigenvalue weighted by atomic mass is 32.2. The molecule has 126 valence electrons. The zero-order valence-electron chi connectivity index (χ0n) is 13.0. The van der Waals surface area contributed by atoms with Crippen LogP contribution in [0.3, 0.4) is 0 Å². The number of phenolic OH excluding ortho intramolecular Hbond substituents is 1. The van der Waals surface area contributed by atoms with Crippen LogP contribution in [0.15, 0.2) is 64.9 Å². The third-order valence-electron chi connectivity index (χ3n) is 3.10. The highest BCUT2D eigenvalue weighted by molar-refractivity contribution is 7.99. The molecule has 3 aromatic rings. The Morgan fingerprint density at radius 2 is 1.96 bits per heavy atom. The lowest BCUT2D eigenvalue weighted by Gasteiger charge is -2.03. The number of rotatable bonds is 6. The summed E-state index contributed by atoms with van der Waals surface area (Å²) in [6.07, 6.45) is 1.38. The standard InChI is InChI=1S/C16H14N6O2S/c23-14-9-5-4-6-12(14)10-17-18-15(24)11-25-16-19-20-21-22(16)13-7-2-1-3-8-13/h1-10,23H,11H2,(H,18,24)/b17-10+. The molecule has 0 atom stereocenters. The third kappa shape index (κ3) is 4.42. The van der Waals surface area contributed by atoms with Crippen LogP contribution in [0.25, 0.3) is 5.69 Å². The molecule has 9 heteroatoms. The summed E-state index contributed by atoms with van der Waals surface area (Å²) in [6, 6.07) is 16.1. The monoisotopic (exact) mass is 354 g/mol. The van der Waals surface area contributed by atoms with E-state index in [2.05, 4.69) is 26.1 Å². The molecule has 0 bridgehead atoms. The number of benzene rings is 2. The molecular formula is C16H14N6O2S. The lowest BCUT2D eigenvalue weighted by Crippen LogP contribution is -2.20. The number of aromatic hydroxyl groups is 1. The SMILES string of the molecule is O=C(CSc1nnnn1-c1ccccc1)N/N=C/c1ccccc1O. The van der Waals surface area contributed by atoms with E-state index in [0.717, 1.165) is 5.69 Å². The normalized spacial score (nSPS) is 10.9. The summed E-state index contributed by atoms with van der Waals surface area (Å²) < 4.78 is 1.56. The first-order chi connectivity index (χ1) is 12.2. The summed E-state index contributed by atoms with van der Waals surface area (Å²) in [5.74, 6) is -0.109. The van der Waals surface area contributed by atoms with Gasteiger partial charge in [0.15, 0.2) is 0 Å². The van der Waals surface area contributed by atoms with Crippen molar-refractivity contribution in [3.63, 3.8) is 0 Å². The second-order valence-corrected chi connectivity index (χ2v) is 5.79. The summed E-state index contributed by atoms with van der Waals surface area (Å²) >= 11 is 1.20. The Kier molecular flexibility index (Phi) is 5.37. The van der Waals surface area contributed by atoms with Gasteiger partial charge < -0.3 is 5.11 Å². The predicted octanol–water partition coefficient (Wildman–Crippen LogP) is 1.61. The van der Waals surface area contributed by atoms with Crippen LogP contribution in [0.4, 0.5) is 0 Å². The molecule has 0 saturated carbocycles. The fourth-order valence-electron chi connectivity index (χ4n) is 1.93. The molecule has 2 N–H and O–H groups in total.